The smallest absolute Gasteiger partial charge is 0.0701 e. The molecule has 4 aromatic carbocycles. The Morgan fingerprint density at radius 1 is 0.600 bits per heavy atom. The molecule has 0 amide bonds. The van der Waals surface area contributed by atoms with E-state index in [2.05, 4.69) is 108 Å². The van der Waals surface area contributed by atoms with Crippen LogP contribution in [-0.4, -0.2) is 9.55 Å². The third-order valence-electron chi connectivity index (χ3n) is 6.40. The second-order valence-electron chi connectivity index (χ2n) is 8.97. The van der Waals surface area contributed by atoms with E-state index >= 15 is 0 Å². The van der Waals surface area contributed by atoms with Gasteiger partial charge in [0.05, 0.1) is 16.7 Å². The second-order valence-corrected chi connectivity index (χ2v) is 8.97. The molecule has 0 spiro atoms. The first kappa shape index (κ1) is 21.0. The number of nitrogens with zero attached hydrogens (tertiary/aromatic N) is 2. The number of aromatic nitrogens is 2. The Hall–Kier alpha value is -4.61. The van der Waals surface area contributed by atoms with Gasteiger partial charge in [0.15, 0.2) is 0 Å². The molecule has 2 aromatic heterocycles. The van der Waals surface area contributed by atoms with Crippen LogP contribution < -0.4 is 0 Å². The molecule has 2 nitrogen and oxygen atoms in total. The average Bonchev–Trinajstić information content (AvgIpc) is 3.21. The van der Waals surface area contributed by atoms with Crippen LogP contribution in [0.25, 0.3) is 38.8 Å². The van der Waals surface area contributed by atoms with Crippen LogP contribution in [0.1, 0.15) is 22.3 Å². The molecule has 0 saturated carbocycles. The minimum Gasteiger partial charge on any atom is -0.309 e. The monoisotopic (exact) mass is 448 g/mol. The zero-order valence-corrected chi connectivity index (χ0v) is 19.8. The lowest BCUT2D eigenvalue weighted by molar-refractivity contribution is 1.18. The molecular formula is C33H24N2. The summed E-state index contributed by atoms with van der Waals surface area (Å²) in [6.07, 6.45) is 1.81. The SMILES string of the molecule is Cc1ccc2c(c1)c1cc(C)ccc1n2-c1ccc(C#Cc2ccc(-c3ccccn3)cc2)cc1. The van der Waals surface area contributed by atoms with E-state index in [1.165, 1.54) is 32.9 Å². The van der Waals surface area contributed by atoms with Crippen molar-refractivity contribution in [2.45, 2.75) is 13.8 Å². The Labute approximate surface area is 205 Å². The van der Waals surface area contributed by atoms with Gasteiger partial charge in [-0.05, 0) is 86.6 Å². The molecule has 0 bridgehead atoms. The molecule has 6 aromatic rings. The van der Waals surface area contributed by atoms with Crippen molar-refractivity contribution >= 4 is 21.8 Å². The summed E-state index contributed by atoms with van der Waals surface area (Å²) >= 11 is 0. The zero-order chi connectivity index (χ0) is 23.8. The van der Waals surface area contributed by atoms with Crippen molar-refractivity contribution in [3.8, 4) is 28.8 Å². The molecule has 6 rings (SSSR count). The first-order chi connectivity index (χ1) is 17.2. The molecule has 35 heavy (non-hydrogen) atoms. The molecular weight excluding hydrogens is 424 g/mol. The highest BCUT2D eigenvalue weighted by Gasteiger charge is 2.12. The summed E-state index contributed by atoms with van der Waals surface area (Å²) < 4.78 is 2.34. The third kappa shape index (κ3) is 3.98. The van der Waals surface area contributed by atoms with Crippen LogP contribution in [-0.2, 0) is 0 Å². The van der Waals surface area contributed by atoms with Gasteiger partial charge in [0.25, 0.3) is 0 Å². The fourth-order valence-corrected chi connectivity index (χ4v) is 4.63. The molecule has 0 aliphatic carbocycles. The first-order valence-electron chi connectivity index (χ1n) is 11.8. The summed E-state index contributed by atoms with van der Waals surface area (Å²) in [6.45, 7) is 4.30. The molecule has 2 heterocycles. The number of hydrogen-bond acceptors (Lipinski definition) is 1. The Kier molecular flexibility index (Phi) is 5.17. The summed E-state index contributed by atoms with van der Waals surface area (Å²) in [5.41, 5.74) is 10.2. The van der Waals surface area contributed by atoms with Gasteiger partial charge in [-0.3, -0.25) is 4.98 Å². The van der Waals surface area contributed by atoms with Gasteiger partial charge in [0, 0.05) is 39.3 Å². The van der Waals surface area contributed by atoms with Crippen LogP contribution in [0.4, 0.5) is 0 Å². The van der Waals surface area contributed by atoms with E-state index < -0.39 is 0 Å². The number of rotatable bonds is 2. The standard InChI is InChI=1S/C33H24N2/c1-23-6-18-32-29(21-23)30-22-24(2)7-19-33(30)35(32)28-16-12-26(13-17-28)9-8-25-10-14-27(15-11-25)31-5-3-4-20-34-31/h3-7,10-22H,1-2H3. The fourth-order valence-electron chi connectivity index (χ4n) is 4.63. The number of hydrogen-bond donors (Lipinski definition) is 0. The molecule has 0 aliphatic heterocycles. The summed E-state index contributed by atoms with van der Waals surface area (Å²) in [5, 5.41) is 2.59. The molecule has 0 saturated heterocycles. The summed E-state index contributed by atoms with van der Waals surface area (Å²) in [6, 6.07) is 36.1. The molecule has 0 aliphatic rings. The number of fused-ring (bicyclic) bond motifs is 3. The predicted molar refractivity (Wildman–Crippen MR) is 146 cm³/mol. The van der Waals surface area contributed by atoms with E-state index in [0.29, 0.717) is 0 Å². The van der Waals surface area contributed by atoms with E-state index in [1.54, 1.807) is 0 Å². The fraction of sp³-hybridized carbons (Fsp3) is 0.0606. The van der Waals surface area contributed by atoms with Crippen molar-refractivity contribution < 1.29 is 0 Å². The number of aryl methyl sites for hydroxylation is 2. The van der Waals surface area contributed by atoms with E-state index in [-0.39, 0.29) is 0 Å². The van der Waals surface area contributed by atoms with Gasteiger partial charge in [-0.25, -0.2) is 0 Å². The molecule has 0 radical (unpaired) electrons. The third-order valence-corrected chi connectivity index (χ3v) is 6.40. The van der Waals surface area contributed by atoms with Gasteiger partial charge in [-0.1, -0.05) is 53.3 Å². The van der Waals surface area contributed by atoms with E-state index in [9.17, 15) is 0 Å². The number of pyridine rings is 1. The van der Waals surface area contributed by atoms with Crippen molar-refractivity contribution in [1.82, 2.24) is 9.55 Å². The maximum Gasteiger partial charge on any atom is 0.0701 e. The van der Waals surface area contributed by atoms with Crippen molar-refractivity contribution in [1.29, 1.82) is 0 Å². The van der Waals surface area contributed by atoms with Crippen LogP contribution >= 0.6 is 0 Å². The second kappa shape index (κ2) is 8.63. The normalized spacial score (nSPS) is 10.9. The first-order valence-corrected chi connectivity index (χ1v) is 11.8. The van der Waals surface area contributed by atoms with E-state index in [1.807, 2.05) is 36.5 Å². The number of benzene rings is 4. The predicted octanol–water partition coefficient (Wildman–Crippen LogP) is 7.86. The quantitative estimate of drug-likeness (QED) is 0.247. The lowest BCUT2D eigenvalue weighted by Crippen LogP contribution is -1.93. The van der Waals surface area contributed by atoms with Crippen LogP contribution in [0, 0.1) is 25.7 Å². The maximum absolute atomic E-state index is 4.41. The minimum absolute atomic E-state index is 0.970. The Bertz CT molecular complexity index is 1670. The van der Waals surface area contributed by atoms with Crippen LogP contribution in [0.2, 0.25) is 0 Å². The summed E-state index contributed by atoms with van der Waals surface area (Å²) in [5.74, 6) is 6.60. The molecule has 0 fully saturated rings. The van der Waals surface area contributed by atoms with Crippen molar-refractivity contribution in [2.24, 2.45) is 0 Å². The van der Waals surface area contributed by atoms with Gasteiger partial charge >= 0.3 is 0 Å². The highest BCUT2D eigenvalue weighted by Crippen LogP contribution is 2.33. The molecule has 0 atom stereocenters. The molecule has 2 heteroatoms. The van der Waals surface area contributed by atoms with Crippen LogP contribution in [0.3, 0.4) is 0 Å². The van der Waals surface area contributed by atoms with Crippen molar-refractivity contribution in [2.75, 3.05) is 0 Å². The maximum atomic E-state index is 4.41. The Morgan fingerprint density at radius 2 is 1.17 bits per heavy atom. The van der Waals surface area contributed by atoms with Crippen LogP contribution in [0.15, 0.2) is 109 Å². The molecule has 0 N–H and O–H groups in total. The van der Waals surface area contributed by atoms with Gasteiger partial charge in [-0.15, -0.1) is 0 Å². The van der Waals surface area contributed by atoms with Gasteiger partial charge in [0.2, 0.25) is 0 Å². The zero-order valence-electron chi connectivity index (χ0n) is 19.8. The Morgan fingerprint density at radius 3 is 1.71 bits per heavy atom. The molecule has 0 unspecified atom stereocenters. The topological polar surface area (TPSA) is 17.8 Å². The Balaban J connectivity index is 1.33. The van der Waals surface area contributed by atoms with Gasteiger partial charge < -0.3 is 4.57 Å². The highest BCUT2D eigenvalue weighted by atomic mass is 15.0. The van der Waals surface area contributed by atoms with Gasteiger partial charge in [0.1, 0.15) is 0 Å². The summed E-state index contributed by atoms with van der Waals surface area (Å²) in [4.78, 5) is 4.41. The minimum atomic E-state index is 0.970. The lowest BCUT2D eigenvalue weighted by atomic mass is 10.1. The lowest BCUT2D eigenvalue weighted by Gasteiger charge is -2.08. The van der Waals surface area contributed by atoms with E-state index in [0.717, 1.165) is 28.1 Å². The van der Waals surface area contributed by atoms with Crippen molar-refractivity contribution in [3.05, 3.63) is 132 Å². The van der Waals surface area contributed by atoms with Crippen LogP contribution in [0.5, 0.6) is 0 Å². The highest BCUT2D eigenvalue weighted by molar-refractivity contribution is 6.09. The average molecular weight is 449 g/mol. The summed E-state index contributed by atoms with van der Waals surface area (Å²) in [7, 11) is 0. The molecule has 166 valence electrons. The van der Waals surface area contributed by atoms with Gasteiger partial charge in [-0.2, -0.15) is 0 Å². The largest absolute Gasteiger partial charge is 0.309 e. The van der Waals surface area contributed by atoms with E-state index in [4.69, 9.17) is 0 Å². The van der Waals surface area contributed by atoms with Crippen molar-refractivity contribution in [3.63, 3.8) is 0 Å².